The van der Waals surface area contributed by atoms with Crippen LogP contribution in [0.5, 0.6) is 0 Å². The number of hydrogen-bond acceptors (Lipinski definition) is 1. The smallest absolute Gasteiger partial charge is 0.0738 e. The SMILES string of the molecule is CCn1nc(C)c(Br)c1CC(CCl)Cc1ccccc1Br. The fourth-order valence-corrected chi connectivity index (χ4v) is 3.60. The van der Waals surface area contributed by atoms with Gasteiger partial charge in [0.25, 0.3) is 0 Å². The molecule has 21 heavy (non-hydrogen) atoms. The van der Waals surface area contributed by atoms with E-state index in [0.717, 1.165) is 34.0 Å². The maximum Gasteiger partial charge on any atom is 0.0738 e. The molecular weight excluding hydrogens is 415 g/mol. The number of benzene rings is 1. The minimum Gasteiger partial charge on any atom is -0.268 e. The maximum absolute atomic E-state index is 6.21. The maximum atomic E-state index is 6.21. The Morgan fingerprint density at radius 1 is 1.24 bits per heavy atom. The molecule has 1 heterocycles. The van der Waals surface area contributed by atoms with Crippen LogP contribution in [0.3, 0.4) is 0 Å². The topological polar surface area (TPSA) is 17.8 Å². The van der Waals surface area contributed by atoms with Crippen molar-refractivity contribution in [3.8, 4) is 0 Å². The molecule has 0 amide bonds. The lowest BCUT2D eigenvalue weighted by molar-refractivity contribution is 0.530. The fourth-order valence-electron chi connectivity index (χ4n) is 2.49. The van der Waals surface area contributed by atoms with E-state index in [1.165, 1.54) is 11.3 Å². The number of alkyl halides is 1. The predicted octanol–water partition coefficient (Wildman–Crippen LogP) is 5.38. The summed E-state index contributed by atoms with van der Waals surface area (Å²) in [4.78, 5) is 0. The molecule has 0 saturated heterocycles. The van der Waals surface area contributed by atoms with E-state index < -0.39 is 0 Å². The molecule has 0 aliphatic carbocycles. The van der Waals surface area contributed by atoms with Gasteiger partial charge in [0.2, 0.25) is 0 Å². The van der Waals surface area contributed by atoms with Gasteiger partial charge in [0.05, 0.1) is 15.9 Å². The van der Waals surface area contributed by atoms with Gasteiger partial charge >= 0.3 is 0 Å². The molecule has 0 radical (unpaired) electrons. The molecule has 0 saturated carbocycles. The molecule has 2 rings (SSSR count). The highest BCUT2D eigenvalue weighted by Crippen LogP contribution is 2.27. The molecule has 1 aromatic heterocycles. The molecule has 1 unspecified atom stereocenters. The molecule has 0 aliphatic heterocycles. The molecule has 5 heteroatoms. The summed E-state index contributed by atoms with van der Waals surface area (Å²) in [5, 5.41) is 4.56. The molecule has 0 fully saturated rings. The third kappa shape index (κ3) is 4.11. The Morgan fingerprint density at radius 2 is 1.95 bits per heavy atom. The summed E-state index contributed by atoms with van der Waals surface area (Å²) in [5.41, 5.74) is 3.59. The van der Waals surface area contributed by atoms with Crippen LogP contribution in [0.1, 0.15) is 23.9 Å². The first kappa shape index (κ1) is 17.0. The van der Waals surface area contributed by atoms with Gasteiger partial charge in [-0.15, -0.1) is 11.6 Å². The molecule has 2 aromatic rings. The monoisotopic (exact) mass is 432 g/mol. The number of aromatic nitrogens is 2. The van der Waals surface area contributed by atoms with E-state index in [-0.39, 0.29) is 0 Å². The Morgan fingerprint density at radius 3 is 2.57 bits per heavy atom. The van der Waals surface area contributed by atoms with Crippen LogP contribution >= 0.6 is 43.5 Å². The van der Waals surface area contributed by atoms with Crippen molar-refractivity contribution in [3.63, 3.8) is 0 Å². The normalized spacial score (nSPS) is 12.6. The number of rotatable bonds is 6. The quantitative estimate of drug-likeness (QED) is 0.559. The van der Waals surface area contributed by atoms with Crippen molar-refractivity contribution in [1.29, 1.82) is 0 Å². The summed E-state index contributed by atoms with van der Waals surface area (Å²) < 4.78 is 4.34. The van der Waals surface area contributed by atoms with Gasteiger partial charge in [0.15, 0.2) is 0 Å². The van der Waals surface area contributed by atoms with Gasteiger partial charge in [-0.25, -0.2) is 0 Å². The standard InChI is InChI=1S/C16H19Br2ClN2/c1-3-21-15(16(18)11(2)20-21)9-12(10-19)8-13-6-4-5-7-14(13)17/h4-7,12H,3,8-10H2,1-2H3. The predicted molar refractivity (Wildman–Crippen MR) is 96.1 cm³/mol. The average Bonchev–Trinajstić information content (AvgIpc) is 2.76. The second kappa shape index (κ2) is 7.80. The van der Waals surface area contributed by atoms with Crippen molar-refractivity contribution < 1.29 is 0 Å². The van der Waals surface area contributed by atoms with Crippen LogP contribution in [0.15, 0.2) is 33.2 Å². The zero-order chi connectivity index (χ0) is 15.4. The van der Waals surface area contributed by atoms with Crippen LogP contribution in [0, 0.1) is 12.8 Å². The van der Waals surface area contributed by atoms with E-state index in [1.807, 2.05) is 13.0 Å². The second-order valence-corrected chi connectivity index (χ2v) is 7.14. The van der Waals surface area contributed by atoms with Gasteiger partial charge in [-0.3, -0.25) is 4.68 Å². The van der Waals surface area contributed by atoms with E-state index in [9.17, 15) is 0 Å². The van der Waals surface area contributed by atoms with E-state index >= 15 is 0 Å². The first-order chi connectivity index (χ1) is 10.1. The van der Waals surface area contributed by atoms with Crippen LogP contribution in [-0.4, -0.2) is 15.7 Å². The Labute approximate surface area is 148 Å². The third-order valence-electron chi connectivity index (χ3n) is 3.62. The highest BCUT2D eigenvalue weighted by atomic mass is 79.9. The Bertz CT molecular complexity index is 610. The average molecular weight is 435 g/mol. The van der Waals surface area contributed by atoms with Crippen molar-refractivity contribution in [1.82, 2.24) is 9.78 Å². The number of halogens is 3. The molecular formula is C16H19Br2ClN2. The van der Waals surface area contributed by atoms with Gasteiger partial charge in [0.1, 0.15) is 0 Å². The number of nitrogens with zero attached hydrogens (tertiary/aromatic N) is 2. The molecule has 0 spiro atoms. The van der Waals surface area contributed by atoms with Crippen molar-refractivity contribution in [3.05, 3.63) is 50.2 Å². The number of hydrogen-bond donors (Lipinski definition) is 0. The third-order valence-corrected chi connectivity index (χ3v) is 5.86. The van der Waals surface area contributed by atoms with Gasteiger partial charge in [-0.2, -0.15) is 5.10 Å². The lowest BCUT2D eigenvalue weighted by Gasteiger charge is -2.16. The Hall–Kier alpha value is -0.320. The van der Waals surface area contributed by atoms with E-state index in [0.29, 0.717) is 11.8 Å². The molecule has 1 aromatic carbocycles. The van der Waals surface area contributed by atoms with E-state index in [4.69, 9.17) is 11.6 Å². The second-order valence-electron chi connectivity index (χ2n) is 5.18. The van der Waals surface area contributed by atoms with Crippen LogP contribution in [0.2, 0.25) is 0 Å². The summed E-state index contributed by atoms with van der Waals surface area (Å²) in [7, 11) is 0. The highest BCUT2D eigenvalue weighted by Gasteiger charge is 2.18. The van der Waals surface area contributed by atoms with Crippen molar-refractivity contribution >= 4 is 43.5 Å². The fraction of sp³-hybridized carbons (Fsp3) is 0.438. The van der Waals surface area contributed by atoms with E-state index in [1.54, 1.807) is 0 Å². The molecule has 114 valence electrons. The molecule has 0 aliphatic rings. The summed E-state index contributed by atoms with van der Waals surface area (Å²) in [6.45, 7) is 5.03. The summed E-state index contributed by atoms with van der Waals surface area (Å²) >= 11 is 13.5. The zero-order valence-corrected chi connectivity index (χ0v) is 16.2. The summed E-state index contributed by atoms with van der Waals surface area (Å²) in [5.74, 6) is 1.03. The van der Waals surface area contributed by atoms with Gasteiger partial charge in [0, 0.05) is 16.9 Å². The Balaban J connectivity index is 2.18. The van der Waals surface area contributed by atoms with Crippen LogP contribution in [-0.2, 0) is 19.4 Å². The zero-order valence-electron chi connectivity index (χ0n) is 12.2. The number of aryl methyl sites for hydroxylation is 2. The van der Waals surface area contributed by atoms with Crippen molar-refractivity contribution in [2.24, 2.45) is 5.92 Å². The Kier molecular flexibility index (Phi) is 6.33. The minimum atomic E-state index is 0.392. The summed E-state index contributed by atoms with van der Waals surface area (Å²) in [6.07, 6.45) is 1.89. The van der Waals surface area contributed by atoms with Gasteiger partial charge in [-0.05, 0) is 60.2 Å². The van der Waals surface area contributed by atoms with Crippen LogP contribution < -0.4 is 0 Å². The van der Waals surface area contributed by atoms with Crippen molar-refractivity contribution in [2.45, 2.75) is 33.2 Å². The first-order valence-corrected chi connectivity index (χ1v) is 9.20. The highest BCUT2D eigenvalue weighted by molar-refractivity contribution is 9.10. The largest absolute Gasteiger partial charge is 0.268 e. The van der Waals surface area contributed by atoms with Crippen LogP contribution in [0.25, 0.3) is 0 Å². The van der Waals surface area contributed by atoms with Crippen molar-refractivity contribution in [2.75, 3.05) is 5.88 Å². The van der Waals surface area contributed by atoms with Crippen LogP contribution in [0.4, 0.5) is 0 Å². The first-order valence-electron chi connectivity index (χ1n) is 7.07. The molecule has 0 bridgehead atoms. The minimum absolute atomic E-state index is 0.392. The lowest BCUT2D eigenvalue weighted by Crippen LogP contribution is -2.14. The lowest BCUT2D eigenvalue weighted by atomic mass is 9.96. The van der Waals surface area contributed by atoms with Gasteiger partial charge < -0.3 is 0 Å². The summed E-state index contributed by atoms with van der Waals surface area (Å²) in [6, 6.07) is 8.34. The molecule has 2 nitrogen and oxygen atoms in total. The van der Waals surface area contributed by atoms with E-state index in [2.05, 4.69) is 66.8 Å². The molecule has 0 N–H and O–H groups in total. The molecule has 1 atom stereocenters. The van der Waals surface area contributed by atoms with Gasteiger partial charge in [-0.1, -0.05) is 34.1 Å².